The van der Waals surface area contributed by atoms with Crippen molar-refractivity contribution in [3.05, 3.63) is 35.1 Å². The summed E-state index contributed by atoms with van der Waals surface area (Å²) in [6.45, 7) is 3.04. The lowest BCUT2D eigenvalue weighted by Crippen LogP contribution is -2.73. The molecule has 2 aliphatic rings. The zero-order valence-electron chi connectivity index (χ0n) is 12.8. The van der Waals surface area contributed by atoms with Crippen LogP contribution >= 0.6 is 0 Å². The number of benzene rings is 1. The summed E-state index contributed by atoms with van der Waals surface area (Å²) in [6, 6.07) is 2.85. The van der Waals surface area contributed by atoms with Gasteiger partial charge in [-0.05, 0) is 31.5 Å². The molecule has 0 unspecified atom stereocenters. The first kappa shape index (κ1) is 15.5. The number of hydrogen-bond acceptors (Lipinski definition) is 7. The minimum atomic E-state index is -2.61. The van der Waals surface area contributed by atoms with E-state index >= 15 is 0 Å². The second-order valence-electron chi connectivity index (χ2n) is 5.91. The van der Waals surface area contributed by atoms with E-state index in [0.717, 1.165) is 6.08 Å². The quantitative estimate of drug-likeness (QED) is 0.679. The summed E-state index contributed by atoms with van der Waals surface area (Å²) in [5.74, 6) is -2.32. The number of hydrogen-bond donors (Lipinski definition) is 3. The predicted molar refractivity (Wildman–Crippen MR) is 77.3 cm³/mol. The molecule has 0 saturated carbocycles. The number of aliphatic hydroxyl groups is 2. The molecule has 122 valence electrons. The Kier molecular flexibility index (Phi) is 3.08. The molecule has 0 amide bonds. The lowest BCUT2D eigenvalue weighted by molar-refractivity contribution is -0.173. The third kappa shape index (κ3) is 1.71. The van der Waals surface area contributed by atoms with Gasteiger partial charge in [-0.3, -0.25) is 9.59 Å². The Labute approximate surface area is 131 Å². The first-order valence-corrected chi connectivity index (χ1v) is 6.94. The van der Waals surface area contributed by atoms with Crippen molar-refractivity contribution < 1.29 is 34.4 Å². The summed E-state index contributed by atoms with van der Waals surface area (Å²) in [5, 5.41) is 31.1. The van der Waals surface area contributed by atoms with Crippen LogP contribution < -0.4 is 4.74 Å². The Morgan fingerprint density at radius 3 is 2.57 bits per heavy atom. The van der Waals surface area contributed by atoms with Crippen LogP contribution in [-0.4, -0.2) is 51.3 Å². The van der Waals surface area contributed by atoms with Crippen LogP contribution in [0.15, 0.2) is 24.0 Å². The largest absolute Gasteiger partial charge is 0.507 e. The Bertz CT molecular complexity index is 766. The molecular weight excluding hydrogens is 304 g/mol. The van der Waals surface area contributed by atoms with Gasteiger partial charge in [-0.25, -0.2) is 0 Å². The number of fused-ring (bicyclic) bond motifs is 2. The summed E-state index contributed by atoms with van der Waals surface area (Å²) in [6.07, 6.45) is -1.04. The Morgan fingerprint density at radius 1 is 1.30 bits per heavy atom. The number of rotatable bonds is 1. The third-order valence-corrected chi connectivity index (χ3v) is 4.47. The fourth-order valence-corrected chi connectivity index (χ4v) is 3.18. The van der Waals surface area contributed by atoms with Crippen LogP contribution in [0.1, 0.15) is 22.8 Å². The Hall–Kier alpha value is -2.38. The van der Waals surface area contributed by atoms with E-state index in [1.807, 2.05) is 0 Å². The lowest BCUT2D eigenvalue weighted by atomic mass is 9.67. The van der Waals surface area contributed by atoms with Crippen molar-refractivity contribution in [2.24, 2.45) is 0 Å². The highest BCUT2D eigenvalue weighted by Crippen LogP contribution is 2.49. The van der Waals surface area contributed by atoms with Crippen molar-refractivity contribution in [3.8, 4) is 11.5 Å². The summed E-state index contributed by atoms with van der Waals surface area (Å²) in [4.78, 5) is 24.8. The lowest BCUT2D eigenvalue weighted by Gasteiger charge is -2.50. The fraction of sp³-hybridized carbons (Fsp3) is 0.375. The van der Waals surface area contributed by atoms with Gasteiger partial charge in [-0.2, -0.15) is 0 Å². The van der Waals surface area contributed by atoms with Crippen LogP contribution in [0.4, 0.5) is 0 Å². The maximum absolute atomic E-state index is 12.8. The molecule has 0 radical (unpaired) electrons. The molecule has 0 saturated heterocycles. The van der Waals surface area contributed by atoms with Gasteiger partial charge in [-0.1, -0.05) is 0 Å². The van der Waals surface area contributed by atoms with Crippen molar-refractivity contribution in [2.45, 2.75) is 31.2 Å². The molecule has 7 heteroatoms. The smallest absolute Gasteiger partial charge is 0.209 e. The predicted octanol–water partition coefficient (Wildman–Crippen LogP) is 0.239. The Morgan fingerprint density at radius 2 is 1.96 bits per heavy atom. The maximum atomic E-state index is 12.8. The molecule has 1 aromatic carbocycles. The van der Waals surface area contributed by atoms with Gasteiger partial charge < -0.3 is 24.8 Å². The van der Waals surface area contributed by atoms with Crippen molar-refractivity contribution in [1.82, 2.24) is 0 Å². The second kappa shape index (κ2) is 4.56. The van der Waals surface area contributed by atoms with Crippen LogP contribution in [0.3, 0.4) is 0 Å². The Balaban J connectivity index is 2.34. The van der Waals surface area contributed by atoms with Crippen LogP contribution in [0.5, 0.6) is 11.5 Å². The molecule has 23 heavy (non-hydrogen) atoms. The minimum Gasteiger partial charge on any atom is -0.507 e. The number of aryl methyl sites for hydroxylation is 1. The van der Waals surface area contributed by atoms with Gasteiger partial charge in [0.15, 0.2) is 11.9 Å². The van der Waals surface area contributed by atoms with Gasteiger partial charge in [0, 0.05) is 6.08 Å². The molecule has 0 bridgehead atoms. The first-order valence-electron chi connectivity index (χ1n) is 6.94. The number of carbonyl (C=O) groups is 2. The fourth-order valence-electron chi connectivity index (χ4n) is 3.18. The number of ketones is 2. The molecule has 1 aliphatic heterocycles. The second-order valence-corrected chi connectivity index (χ2v) is 5.91. The van der Waals surface area contributed by atoms with Crippen molar-refractivity contribution in [3.63, 3.8) is 0 Å². The standard InChI is InChI=1S/C16H16O7/c1-7-4-8(17)12-10(5-7)23-15(2)11(22-3)6-9(18)13(19)16(15,21)14(12)20/h4-6,13,17,19,21H,1-3H3/t13-,15-,16-/m1/s1. The van der Waals surface area contributed by atoms with E-state index in [-0.39, 0.29) is 17.1 Å². The van der Waals surface area contributed by atoms with Gasteiger partial charge in [-0.15, -0.1) is 0 Å². The van der Waals surface area contributed by atoms with Crippen LogP contribution in [-0.2, 0) is 9.53 Å². The van der Waals surface area contributed by atoms with Crippen molar-refractivity contribution in [1.29, 1.82) is 0 Å². The van der Waals surface area contributed by atoms with E-state index in [1.165, 1.54) is 26.2 Å². The number of Topliss-reactive ketones (excluding diaryl/α,β-unsaturated/α-hetero) is 1. The van der Waals surface area contributed by atoms with E-state index in [9.17, 15) is 24.9 Å². The summed E-state index contributed by atoms with van der Waals surface area (Å²) in [5.41, 5.74) is -4.05. The van der Waals surface area contributed by atoms with Crippen LogP contribution in [0, 0.1) is 6.92 Å². The maximum Gasteiger partial charge on any atom is 0.209 e. The number of phenols is 1. The molecule has 1 heterocycles. The van der Waals surface area contributed by atoms with Gasteiger partial charge in [0.2, 0.25) is 17.0 Å². The van der Waals surface area contributed by atoms with Crippen LogP contribution in [0.25, 0.3) is 0 Å². The highest BCUT2D eigenvalue weighted by Gasteiger charge is 2.69. The number of carbonyl (C=O) groups excluding carboxylic acids is 2. The average Bonchev–Trinajstić information content (AvgIpc) is 2.47. The highest BCUT2D eigenvalue weighted by molar-refractivity contribution is 6.14. The monoisotopic (exact) mass is 320 g/mol. The summed E-state index contributed by atoms with van der Waals surface area (Å²) >= 11 is 0. The zero-order chi connectivity index (χ0) is 17.2. The number of aromatic hydroxyl groups is 1. The van der Waals surface area contributed by atoms with E-state index in [0.29, 0.717) is 5.56 Å². The van der Waals surface area contributed by atoms with Crippen molar-refractivity contribution in [2.75, 3.05) is 7.11 Å². The molecule has 1 aliphatic carbocycles. The van der Waals surface area contributed by atoms with Gasteiger partial charge >= 0.3 is 0 Å². The summed E-state index contributed by atoms with van der Waals surface area (Å²) < 4.78 is 10.8. The van der Waals surface area contributed by atoms with Crippen LogP contribution in [0.2, 0.25) is 0 Å². The molecule has 3 N–H and O–H groups in total. The minimum absolute atomic E-state index is 0.0455. The zero-order valence-corrected chi connectivity index (χ0v) is 12.8. The van der Waals surface area contributed by atoms with E-state index in [4.69, 9.17) is 9.47 Å². The van der Waals surface area contributed by atoms with E-state index < -0.39 is 34.6 Å². The normalized spacial score (nSPS) is 32.6. The number of phenolic OH excluding ortho intramolecular Hbond substituents is 1. The van der Waals surface area contributed by atoms with Gasteiger partial charge in [0.1, 0.15) is 22.8 Å². The molecule has 3 rings (SSSR count). The molecule has 7 nitrogen and oxygen atoms in total. The van der Waals surface area contributed by atoms with Gasteiger partial charge in [0.05, 0.1) is 7.11 Å². The number of methoxy groups -OCH3 is 1. The summed E-state index contributed by atoms with van der Waals surface area (Å²) in [7, 11) is 1.26. The SMILES string of the molecule is COC1=CC(=O)[C@@H](O)[C@@]2(O)C(=O)c3c(O)cc(C)cc3O[C@]12C. The third-order valence-electron chi connectivity index (χ3n) is 4.47. The number of ether oxygens (including phenoxy) is 2. The highest BCUT2D eigenvalue weighted by atomic mass is 16.6. The topological polar surface area (TPSA) is 113 Å². The molecule has 0 spiro atoms. The van der Waals surface area contributed by atoms with E-state index in [1.54, 1.807) is 6.92 Å². The molecule has 0 aromatic heterocycles. The van der Waals surface area contributed by atoms with Crippen molar-refractivity contribution >= 4 is 11.6 Å². The number of aliphatic hydroxyl groups excluding tert-OH is 1. The molecule has 1 aromatic rings. The molecular formula is C16H16O7. The van der Waals surface area contributed by atoms with E-state index in [2.05, 4.69) is 0 Å². The molecule has 3 atom stereocenters. The average molecular weight is 320 g/mol. The first-order chi connectivity index (χ1) is 10.7. The molecule has 0 fully saturated rings. The van der Waals surface area contributed by atoms with Gasteiger partial charge in [0.25, 0.3) is 0 Å².